The first-order chi connectivity index (χ1) is 16.6. The summed E-state index contributed by atoms with van der Waals surface area (Å²) >= 11 is 0. The topological polar surface area (TPSA) is 65.5 Å². The Hall–Kier alpha value is -3.95. The average Bonchev–Trinajstić information content (AvgIpc) is 2.81. The van der Waals surface area contributed by atoms with Crippen LogP contribution in [0.3, 0.4) is 0 Å². The van der Waals surface area contributed by atoms with Crippen LogP contribution in [0, 0.1) is 30.2 Å². The van der Waals surface area contributed by atoms with Crippen molar-refractivity contribution in [2.45, 2.75) is 33.0 Å². The summed E-state index contributed by atoms with van der Waals surface area (Å²) in [6.45, 7) is 2.76. The van der Waals surface area contributed by atoms with Crippen molar-refractivity contribution in [2.24, 2.45) is 0 Å². The summed E-state index contributed by atoms with van der Waals surface area (Å²) < 4.78 is 55.6. The Morgan fingerprint density at radius 2 is 1.77 bits per heavy atom. The number of nitrogens with zero attached hydrogens (tertiary/aromatic N) is 3. The maximum absolute atomic E-state index is 14.6. The minimum absolute atomic E-state index is 0.0881. The van der Waals surface area contributed by atoms with Crippen molar-refractivity contribution in [3.8, 4) is 0 Å². The van der Waals surface area contributed by atoms with Crippen LogP contribution in [-0.2, 0) is 13.1 Å². The minimum atomic E-state index is -1.11. The molecule has 1 aliphatic rings. The molecule has 3 aromatic rings. The molecule has 1 aromatic heterocycles. The van der Waals surface area contributed by atoms with Gasteiger partial charge in [-0.25, -0.2) is 22.4 Å². The second kappa shape index (κ2) is 9.36. The Morgan fingerprint density at radius 3 is 2.46 bits per heavy atom. The van der Waals surface area contributed by atoms with Crippen molar-refractivity contribution in [2.75, 3.05) is 11.9 Å². The number of aryl methyl sites for hydroxylation is 1. The smallest absolute Gasteiger partial charge is 0.325 e. The zero-order valence-corrected chi connectivity index (χ0v) is 19.2. The molecule has 0 unspecified atom stereocenters. The van der Waals surface area contributed by atoms with Crippen LogP contribution in [0.25, 0.3) is 0 Å². The van der Waals surface area contributed by atoms with Crippen LogP contribution < -0.4 is 10.2 Å². The quantitative estimate of drug-likeness (QED) is 0.516. The van der Waals surface area contributed by atoms with Crippen molar-refractivity contribution < 1.29 is 27.2 Å². The van der Waals surface area contributed by atoms with Crippen LogP contribution in [0.4, 0.5) is 28.0 Å². The highest BCUT2D eigenvalue weighted by Gasteiger charge is 2.34. The molecule has 10 heteroatoms. The molecule has 35 heavy (non-hydrogen) atoms. The maximum atomic E-state index is 14.6. The molecule has 3 amide bonds. The molecule has 182 valence electrons. The Balaban J connectivity index is 1.64. The lowest BCUT2D eigenvalue weighted by molar-refractivity contribution is 0.0950. The molecule has 0 aliphatic carbocycles. The first-order valence-electron chi connectivity index (χ1n) is 10.8. The SMILES string of the molecule is Cc1nccc(CN2C(=O)N(C)[C@@H](C)c3ccc(C(=O)NCc4c(F)cc(F)cc4F)cc32)c1F. The van der Waals surface area contributed by atoms with Gasteiger partial charge in [0, 0.05) is 48.6 Å². The van der Waals surface area contributed by atoms with Gasteiger partial charge in [0.2, 0.25) is 0 Å². The van der Waals surface area contributed by atoms with E-state index in [-0.39, 0.29) is 35.4 Å². The maximum Gasteiger partial charge on any atom is 0.325 e. The number of pyridine rings is 1. The van der Waals surface area contributed by atoms with Crippen LogP contribution in [0.15, 0.2) is 42.6 Å². The summed E-state index contributed by atoms with van der Waals surface area (Å²) in [7, 11) is 1.63. The molecule has 4 rings (SSSR count). The highest BCUT2D eigenvalue weighted by Crippen LogP contribution is 2.37. The highest BCUT2D eigenvalue weighted by atomic mass is 19.1. The normalized spacial score (nSPS) is 15.3. The van der Waals surface area contributed by atoms with Gasteiger partial charge >= 0.3 is 6.03 Å². The summed E-state index contributed by atoms with van der Waals surface area (Å²) in [4.78, 5) is 32.6. The zero-order chi connectivity index (χ0) is 25.4. The van der Waals surface area contributed by atoms with Crippen molar-refractivity contribution in [3.63, 3.8) is 0 Å². The van der Waals surface area contributed by atoms with E-state index in [4.69, 9.17) is 0 Å². The number of amides is 3. The van der Waals surface area contributed by atoms with E-state index in [9.17, 15) is 27.2 Å². The van der Waals surface area contributed by atoms with Crippen molar-refractivity contribution in [1.82, 2.24) is 15.2 Å². The lowest BCUT2D eigenvalue weighted by atomic mass is 9.98. The highest BCUT2D eigenvalue weighted by molar-refractivity contribution is 5.99. The molecule has 0 spiro atoms. The van der Waals surface area contributed by atoms with Crippen LogP contribution in [-0.4, -0.2) is 28.9 Å². The van der Waals surface area contributed by atoms with E-state index in [0.717, 1.165) is 5.56 Å². The number of carbonyl (C=O) groups is 2. The summed E-state index contributed by atoms with van der Waals surface area (Å²) in [6.07, 6.45) is 1.45. The van der Waals surface area contributed by atoms with Crippen LogP contribution in [0.1, 0.15) is 45.7 Å². The molecule has 0 fully saturated rings. The zero-order valence-electron chi connectivity index (χ0n) is 19.2. The van der Waals surface area contributed by atoms with E-state index in [0.29, 0.717) is 17.8 Å². The first-order valence-corrected chi connectivity index (χ1v) is 10.8. The van der Waals surface area contributed by atoms with Gasteiger partial charge in [-0.1, -0.05) is 6.07 Å². The number of hydrogen-bond acceptors (Lipinski definition) is 3. The number of urea groups is 1. The number of aromatic nitrogens is 1. The van der Waals surface area contributed by atoms with Gasteiger partial charge in [-0.2, -0.15) is 0 Å². The van der Waals surface area contributed by atoms with Gasteiger partial charge in [-0.3, -0.25) is 14.7 Å². The number of nitrogens with one attached hydrogen (secondary N) is 1. The molecule has 1 aliphatic heterocycles. The predicted octanol–water partition coefficient (Wildman–Crippen LogP) is 5.01. The van der Waals surface area contributed by atoms with Crippen LogP contribution in [0.2, 0.25) is 0 Å². The minimum Gasteiger partial charge on any atom is -0.348 e. The van der Waals surface area contributed by atoms with Gasteiger partial charge in [0.25, 0.3) is 5.91 Å². The van der Waals surface area contributed by atoms with Crippen molar-refractivity contribution in [3.05, 3.63) is 93.8 Å². The van der Waals surface area contributed by atoms with Crippen molar-refractivity contribution >= 4 is 17.6 Å². The number of hydrogen-bond donors (Lipinski definition) is 1. The fourth-order valence-electron chi connectivity index (χ4n) is 4.00. The van der Waals surface area contributed by atoms with Gasteiger partial charge in [0.05, 0.1) is 24.0 Å². The Labute approximate surface area is 199 Å². The van der Waals surface area contributed by atoms with Crippen molar-refractivity contribution in [1.29, 1.82) is 0 Å². The van der Waals surface area contributed by atoms with E-state index in [2.05, 4.69) is 10.3 Å². The molecule has 1 atom stereocenters. The molecule has 2 heterocycles. The lowest BCUT2D eigenvalue weighted by Gasteiger charge is -2.39. The van der Waals surface area contributed by atoms with Crippen LogP contribution in [0.5, 0.6) is 0 Å². The fourth-order valence-corrected chi connectivity index (χ4v) is 4.00. The average molecular weight is 486 g/mol. The fraction of sp³-hybridized carbons (Fsp3) is 0.240. The molecular formula is C25H22F4N4O2. The molecule has 6 nitrogen and oxygen atoms in total. The van der Waals surface area contributed by atoms with Gasteiger partial charge < -0.3 is 10.2 Å². The second-order valence-electron chi connectivity index (χ2n) is 8.33. The molecule has 1 N–H and O–H groups in total. The van der Waals surface area contributed by atoms with E-state index in [1.165, 1.54) is 41.1 Å². The van der Waals surface area contributed by atoms with Gasteiger partial charge in [-0.15, -0.1) is 0 Å². The summed E-state index contributed by atoms with van der Waals surface area (Å²) in [5.41, 5.74) is 1.27. The predicted molar refractivity (Wildman–Crippen MR) is 121 cm³/mol. The first kappa shape index (κ1) is 24.2. The molecule has 0 saturated heterocycles. The second-order valence-corrected chi connectivity index (χ2v) is 8.33. The number of benzene rings is 2. The third kappa shape index (κ3) is 4.55. The molecule has 0 radical (unpaired) electrons. The molecule has 0 saturated carbocycles. The standard InChI is InChI=1S/C25H22F4N4O2/c1-13-23(29)16(6-7-30-13)12-33-22-8-15(4-5-18(22)14(2)32(3)25(33)35)24(34)31-11-19-20(27)9-17(26)10-21(19)28/h4-10,14H,11-12H2,1-3H3,(H,31,34)/t14-/m0/s1. The third-order valence-corrected chi connectivity index (χ3v) is 6.15. The Bertz CT molecular complexity index is 1310. The molecule has 0 bridgehead atoms. The summed E-state index contributed by atoms with van der Waals surface area (Å²) in [6, 6.07) is 6.55. The summed E-state index contributed by atoms with van der Waals surface area (Å²) in [5, 5.41) is 2.41. The molecular weight excluding hydrogens is 464 g/mol. The van der Waals surface area contributed by atoms with Gasteiger partial charge in [-0.05, 0) is 37.6 Å². The number of rotatable bonds is 5. The van der Waals surface area contributed by atoms with Gasteiger partial charge in [0.15, 0.2) is 0 Å². The number of halogens is 4. The number of anilines is 1. The Morgan fingerprint density at radius 1 is 1.09 bits per heavy atom. The van der Waals surface area contributed by atoms with Crippen LogP contribution >= 0.6 is 0 Å². The van der Waals surface area contributed by atoms with Gasteiger partial charge in [0.1, 0.15) is 23.3 Å². The summed E-state index contributed by atoms with van der Waals surface area (Å²) in [5.74, 6) is -4.47. The Kier molecular flexibility index (Phi) is 6.47. The third-order valence-electron chi connectivity index (χ3n) is 6.15. The largest absolute Gasteiger partial charge is 0.348 e. The lowest BCUT2D eigenvalue weighted by Crippen LogP contribution is -2.46. The monoisotopic (exact) mass is 486 g/mol. The van der Waals surface area contributed by atoms with E-state index < -0.39 is 41.3 Å². The van der Waals surface area contributed by atoms with E-state index >= 15 is 0 Å². The molecule has 2 aromatic carbocycles. The van der Waals surface area contributed by atoms with E-state index in [1.54, 1.807) is 13.1 Å². The number of fused-ring (bicyclic) bond motifs is 1. The number of carbonyl (C=O) groups excluding carboxylic acids is 2. The van der Waals surface area contributed by atoms with E-state index in [1.807, 2.05) is 6.92 Å².